The Bertz CT molecular complexity index is 715. The first-order valence-electron chi connectivity index (χ1n) is 6.57. The molecule has 1 saturated carbocycles. The molecule has 0 amide bonds. The summed E-state index contributed by atoms with van der Waals surface area (Å²) in [5, 5.41) is 9.12. The minimum atomic E-state index is -1.06. The minimum absolute atomic E-state index is 0.0980. The molecule has 0 unspecified atom stereocenters. The monoisotopic (exact) mass is 290 g/mol. The van der Waals surface area contributed by atoms with Crippen LogP contribution in [0.4, 0.5) is 8.78 Å². The first-order valence-corrected chi connectivity index (χ1v) is 6.57. The molecule has 4 nitrogen and oxygen atoms in total. The highest BCUT2D eigenvalue weighted by Crippen LogP contribution is 2.40. The molecule has 1 heterocycles. The number of nitrogens with zero attached hydrogens (tertiary/aromatic N) is 2. The van der Waals surface area contributed by atoms with Crippen LogP contribution in [0.3, 0.4) is 0 Å². The van der Waals surface area contributed by atoms with Crippen LogP contribution in [0.25, 0.3) is 0 Å². The molecule has 1 aliphatic carbocycles. The summed E-state index contributed by atoms with van der Waals surface area (Å²) >= 11 is 0. The highest BCUT2D eigenvalue weighted by Gasteiger charge is 2.30. The van der Waals surface area contributed by atoms with Crippen molar-refractivity contribution in [1.82, 2.24) is 9.97 Å². The van der Waals surface area contributed by atoms with Crippen LogP contribution in [-0.2, 0) is 6.42 Å². The van der Waals surface area contributed by atoms with Crippen LogP contribution in [0, 0.1) is 11.6 Å². The lowest BCUT2D eigenvalue weighted by Gasteiger charge is -2.07. The van der Waals surface area contributed by atoms with Crippen molar-refractivity contribution in [1.29, 1.82) is 0 Å². The number of rotatable bonds is 4. The van der Waals surface area contributed by atoms with E-state index >= 15 is 0 Å². The van der Waals surface area contributed by atoms with Crippen molar-refractivity contribution < 1.29 is 18.7 Å². The lowest BCUT2D eigenvalue weighted by Crippen LogP contribution is -2.09. The van der Waals surface area contributed by atoms with Gasteiger partial charge in [0.25, 0.3) is 0 Å². The third-order valence-corrected chi connectivity index (χ3v) is 3.43. The van der Waals surface area contributed by atoms with Gasteiger partial charge in [-0.1, -0.05) is 6.07 Å². The van der Waals surface area contributed by atoms with Crippen LogP contribution in [0.1, 0.15) is 46.2 Å². The molecule has 1 aliphatic rings. The number of carbonyl (C=O) groups is 1. The van der Waals surface area contributed by atoms with Gasteiger partial charge < -0.3 is 5.11 Å². The number of carboxylic acid groups (broad SMARTS) is 1. The summed E-state index contributed by atoms with van der Waals surface area (Å²) in [6.45, 7) is 0. The van der Waals surface area contributed by atoms with Crippen molar-refractivity contribution in [3.05, 3.63) is 58.7 Å². The maximum absolute atomic E-state index is 13.6. The largest absolute Gasteiger partial charge is 0.478 e. The average molecular weight is 290 g/mol. The summed E-state index contributed by atoms with van der Waals surface area (Å²) in [6.07, 6.45) is 3.18. The molecule has 1 fully saturated rings. The van der Waals surface area contributed by atoms with Crippen molar-refractivity contribution in [2.45, 2.75) is 25.2 Å². The topological polar surface area (TPSA) is 63.1 Å². The molecule has 3 rings (SSSR count). The Labute approximate surface area is 119 Å². The van der Waals surface area contributed by atoms with Crippen LogP contribution in [0.2, 0.25) is 0 Å². The van der Waals surface area contributed by atoms with E-state index in [4.69, 9.17) is 5.11 Å². The van der Waals surface area contributed by atoms with E-state index in [2.05, 4.69) is 9.97 Å². The summed E-state index contributed by atoms with van der Waals surface area (Å²) in [5.74, 6) is -1.87. The van der Waals surface area contributed by atoms with Crippen LogP contribution in [-0.4, -0.2) is 21.0 Å². The number of carboxylic acids is 1. The van der Waals surface area contributed by atoms with E-state index in [9.17, 15) is 13.6 Å². The highest BCUT2D eigenvalue weighted by molar-refractivity contribution is 5.88. The molecule has 0 aliphatic heterocycles. The predicted molar refractivity (Wildman–Crippen MR) is 70.1 cm³/mol. The Morgan fingerprint density at radius 1 is 1.33 bits per heavy atom. The number of aromatic carboxylic acids is 1. The second-order valence-corrected chi connectivity index (χ2v) is 5.08. The van der Waals surface area contributed by atoms with Crippen LogP contribution in [0.15, 0.2) is 24.4 Å². The zero-order valence-electron chi connectivity index (χ0n) is 11.0. The zero-order valence-corrected chi connectivity index (χ0v) is 11.0. The van der Waals surface area contributed by atoms with Gasteiger partial charge in [-0.2, -0.15) is 0 Å². The molecule has 0 bridgehead atoms. The fourth-order valence-corrected chi connectivity index (χ4v) is 2.19. The van der Waals surface area contributed by atoms with Gasteiger partial charge in [-0.05, 0) is 24.5 Å². The fourth-order valence-electron chi connectivity index (χ4n) is 2.19. The van der Waals surface area contributed by atoms with E-state index < -0.39 is 17.6 Å². The Balaban J connectivity index is 1.92. The van der Waals surface area contributed by atoms with Crippen LogP contribution >= 0.6 is 0 Å². The molecule has 0 atom stereocenters. The minimum Gasteiger partial charge on any atom is -0.478 e. The molecule has 0 spiro atoms. The summed E-state index contributed by atoms with van der Waals surface area (Å²) in [4.78, 5) is 19.4. The molecule has 1 aromatic heterocycles. The van der Waals surface area contributed by atoms with E-state index in [0.29, 0.717) is 11.5 Å². The molecule has 21 heavy (non-hydrogen) atoms. The van der Waals surface area contributed by atoms with Gasteiger partial charge in [0.15, 0.2) is 0 Å². The number of halogens is 2. The number of benzene rings is 1. The lowest BCUT2D eigenvalue weighted by molar-refractivity contribution is 0.0694. The quantitative estimate of drug-likeness (QED) is 0.940. The van der Waals surface area contributed by atoms with E-state index in [-0.39, 0.29) is 23.5 Å². The number of aromatic nitrogens is 2. The fraction of sp³-hybridized carbons (Fsp3) is 0.267. The molecule has 0 radical (unpaired) electrons. The van der Waals surface area contributed by atoms with E-state index in [1.807, 2.05) is 0 Å². The third kappa shape index (κ3) is 2.89. The first-order chi connectivity index (χ1) is 10.0. The maximum Gasteiger partial charge on any atom is 0.339 e. The molecular weight excluding hydrogens is 278 g/mol. The van der Waals surface area contributed by atoms with Crippen molar-refractivity contribution in [3.63, 3.8) is 0 Å². The Morgan fingerprint density at radius 2 is 2.10 bits per heavy atom. The SMILES string of the molecule is O=C(O)c1cnc(Cc2ccc(F)cc2F)nc1C1CC1. The Kier molecular flexibility index (Phi) is 3.37. The van der Waals surface area contributed by atoms with Gasteiger partial charge in [0, 0.05) is 24.6 Å². The van der Waals surface area contributed by atoms with Crippen molar-refractivity contribution >= 4 is 5.97 Å². The van der Waals surface area contributed by atoms with E-state index in [1.54, 1.807) is 0 Å². The molecule has 108 valence electrons. The summed E-state index contributed by atoms with van der Waals surface area (Å²) in [6, 6.07) is 3.32. The average Bonchev–Trinajstić information content (AvgIpc) is 3.26. The summed E-state index contributed by atoms with van der Waals surface area (Å²) in [5.41, 5.74) is 0.886. The first kappa shape index (κ1) is 13.6. The molecule has 2 aromatic rings. The zero-order chi connectivity index (χ0) is 15.0. The van der Waals surface area contributed by atoms with E-state index in [1.165, 1.54) is 18.3 Å². The molecule has 6 heteroatoms. The van der Waals surface area contributed by atoms with Crippen LogP contribution < -0.4 is 0 Å². The van der Waals surface area contributed by atoms with Gasteiger partial charge in [0.05, 0.1) is 11.3 Å². The third-order valence-electron chi connectivity index (χ3n) is 3.43. The van der Waals surface area contributed by atoms with Gasteiger partial charge in [0.1, 0.15) is 17.5 Å². The highest BCUT2D eigenvalue weighted by atomic mass is 19.1. The maximum atomic E-state index is 13.6. The van der Waals surface area contributed by atoms with Gasteiger partial charge in [-0.3, -0.25) is 0 Å². The summed E-state index contributed by atoms with van der Waals surface area (Å²) in [7, 11) is 0. The summed E-state index contributed by atoms with van der Waals surface area (Å²) < 4.78 is 26.5. The van der Waals surface area contributed by atoms with Crippen molar-refractivity contribution in [2.75, 3.05) is 0 Å². The number of hydrogen-bond donors (Lipinski definition) is 1. The van der Waals surface area contributed by atoms with Gasteiger partial charge in [-0.25, -0.2) is 23.5 Å². The lowest BCUT2D eigenvalue weighted by atomic mass is 10.1. The Hall–Kier alpha value is -2.37. The van der Waals surface area contributed by atoms with E-state index in [0.717, 1.165) is 18.9 Å². The number of hydrogen-bond acceptors (Lipinski definition) is 3. The van der Waals surface area contributed by atoms with Gasteiger partial charge in [0.2, 0.25) is 0 Å². The standard InChI is InChI=1S/C15H12F2N2O2/c16-10-4-3-9(12(17)6-10)5-13-18-7-11(15(20)21)14(19-13)8-1-2-8/h3-4,6-8H,1-2,5H2,(H,20,21). The molecule has 1 N–H and O–H groups in total. The van der Waals surface area contributed by atoms with Gasteiger partial charge in [-0.15, -0.1) is 0 Å². The molecule has 0 saturated heterocycles. The second-order valence-electron chi connectivity index (χ2n) is 5.08. The Morgan fingerprint density at radius 3 is 2.71 bits per heavy atom. The molecular formula is C15H12F2N2O2. The normalized spacial score (nSPS) is 14.2. The van der Waals surface area contributed by atoms with Crippen LogP contribution in [0.5, 0.6) is 0 Å². The smallest absolute Gasteiger partial charge is 0.339 e. The predicted octanol–water partition coefficient (Wildman–Crippen LogP) is 2.92. The molecule has 1 aromatic carbocycles. The van der Waals surface area contributed by atoms with Crippen molar-refractivity contribution in [3.8, 4) is 0 Å². The van der Waals surface area contributed by atoms with Crippen molar-refractivity contribution in [2.24, 2.45) is 0 Å². The second kappa shape index (κ2) is 5.20. The van der Waals surface area contributed by atoms with Gasteiger partial charge >= 0.3 is 5.97 Å².